The monoisotopic (exact) mass is 505 g/mol. The lowest BCUT2D eigenvalue weighted by atomic mass is 10.1. The maximum Gasteiger partial charge on any atom is 0.306 e. The number of methoxy groups -OCH3 is 1. The SMILES string of the molecule is COc1ccc(CN(Cc2ccco2)C(=O)c2cc([N+](=O)[O-])cc([N+](=O)[O-])c2)cc1OS(C)(=O)=O. The summed E-state index contributed by atoms with van der Waals surface area (Å²) in [6.45, 7) is -0.212. The maximum atomic E-state index is 13.3. The minimum absolute atomic E-state index is 0.0867. The zero-order valence-electron chi connectivity index (χ0n) is 18.4. The Labute approximate surface area is 198 Å². The summed E-state index contributed by atoms with van der Waals surface area (Å²) in [5, 5.41) is 22.5. The average molecular weight is 505 g/mol. The van der Waals surface area contributed by atoms with E-state index in [-0.39, 0.29) is 30.2 Å². The quantitative estimate of drug-likeness (QED) is 0.226. The van der Waals surface area contributed by atoms with Gasteiger partial charge in [0.05, 0.1) is 47.6 Å². The van der Waals surface area contributed by atoms with E-state index < -0.39 is 37.2 Å². The molecule has 0 unspecified atom stereocenters. The van der Waals surface area contributed by atoms with E-state index in [1.807, 2.05) is 0 Å². The van der Waals surface area contributed by atoms with Crippen molar-refractivity contribution in [3.63, 3.8) is 0 Å². The number of non-ortho nitro benzene ring substituents is 2. The van der Waals surface area contributed by atoms with Gasteiger partial charge in [0.1, 0.15) is 5.76 Å². The molecule has 3 aromatic rings. The predicted octanol–water partition coefficient (Wildman–Crippen LogP) is 3.29. The van der Waals surface area contributed by atoms with Gasteiger partial charge in [-0.2, -0.15) is 8.42 Å². The van der Waals surface area contributed by atoms with Gasteiger partial charge in [0, 0.05) is 18.7 Å². The highest BCUT2D eigenvalue weighted by molar-refractivity contribution is 7.86. The van der Waals surface area contributed by atoms with Gasteiger partial charge < -0.3 is 18.2 Å². The number of nitrogens with zero attached hydrogens (tertiary/aromatic N) is 3. The van der Waals surface area contributed by atoms with Crippen LogP contribution in [0.4, 0.5) is 11.4 Å². The van der Waals surface area contributed by atoms with Crippen molar-refractivity contribution in [2.24, 2.45) is 0 Å². The molecule has 0 bridgehead atoms. The van der Waals surface area contributed by atoms with Crippen LogP contribution in [0.2, 0.25) is 0 Å². The van der Waals surface area contributed by atoms with Crippen LogP contribution < -0.4 is 8.92 Å². The molecule has 0 N–H and O–H groups in total. The Morgan fingerprint density at radius 2 is 1.66 bits per heavy atom. The number of furan rings is 1. The number of ether oxygens (including phenoxy) is 1. The number of nitro benzene ring substituents is 2. The molecule has 35 heavy (non-hydrogen) atoms. The summed E-state index contributed by atoms with van der Waals surface area (Å²) in [5.74, 6) is -0.352. The summed E-state index contributed by atoms with van der Waals surface area (Å²) in [7, 11) is -2.56. The van der Waals surface area contributed by atoms with Crippen LogP contribution in [0.1, 0.15) is 21.7 Å². The van der Waals surface area contributed by atoms with E-state index in [4.69, 9.17) is 13.3 Å². The van der Waals surface area contributed by atoms with Crippen molar-refractivity contribution in [1.82, 2.24) is 4.90 Å². The predicted molar refractivity (Wildman–Crippen MR) is 121 cm³/mol. The van der Waals surface area contributed by atoms with Gasteiger partial charge in [-0.1, -0.05) is 6.07 Å². The molecule has 14 heteroatoms. The summed E-state index contributed by atoms with van der Waals surface area (Å²) < 4.78 is 38.6. The first-order valence-corrected chi connectivity index (χ1v) is 11.6. The molecule has 1 aromatic heterocycles. The lowest BCUT2D eigenvalue weighted by Crippen LogP contribution is -2.30. The Morgan fingerprint density at radius 3 is 2.17 bits per heavy atom. The van der Waals surface area contributed by atoms with Gasteiger partial charge in [-0.15, -0.1) is 0 Å². The van der Waals surface area contributed by atoms with Crippen molar-refractivity contribution in [1.29, 1.82) is 0 Å². The summed E-state index contributed by atoms with van der Waals surface area (Å²) in [5.41, 5.74) is -1.09. The Morgan fingerprint density at radius 1 is 1.00 bits per heavy atom. The minimum Gasteiger partial charge on any atom is -0.493 e. The Kier molecular flexibility index (Phi) is 7.34. The normalized spacial score (nSPS) is 11.0. The maximum absolute atomic E-state index is 13.3. The van der Waals surface area contributed by atoms with E-state index in [2.05, 4.69) is 0 Å². The largest absolute Gasteiger partial charge is 0.493 e. The number of carbonyl (C=O) groups is 1. The van der Waals surface area contributed by atoms with E-state index in [9.17, 15) is 33.4 Å². The van der Waals surface area contributed by atoms with Crippen molar-refractivity contribution < 1.29 is 36.4 Å². The lowest BCUT2D eigenvalue weighted by molar-refractivity contribution is -0.394. The van der Waals surface area contributed by atoms with Crippen molar-refractivity contribution >= 4 is 27.4 Å². The zero-order chi connectivity index (χ0) is 25.8. The van der Waals surface area contributed by atoms with Gasteiger partial charge >= 0.3 is 10.1 Å². The van der Waals surface area contributed by atoms with Gasteiger partial charge in [0.2, 0.25) is 0 Å². The smallest absolute Gasteiger partial charge is 0.306 e. The highest BCUT2D eigenvalue weighted by Crippen LogP contribution is 2.30. The summed E-state index contributed by atoms with van der Waals surface area (Å²) >= 11 is 0. The van der Waals surface area contributed by atoms with Crippen LogP contribution in [0, 0.1) is 20.2 Å². The first-order chi connectivity index (χ1) is 16.5. The Hall–Kier alpha value is -4.46. The molecule has 0 atom stereocenters. The fraction of sp³-hybridized carbons (Fsp3) is 0.190. The van der Waals surface area contributed by atoms with Gasteiger partial charge in [-0.3, -0.25) is 25.0 Å². The molecular weight excluding hydrogens is 486 g/mol. The molecule has 0 spiro atoms. The van der Waals surface area contributed by atoms with E-state index in [0.717, 1.165) is 24.5 Å². The van der Waals surface area contributed by atoms with E-state index in [0.29, 0.717) is 11.3 Å². The molecule has 0 aliphatic heterocycles. The fourth-order valence-corrected chi connectivity index (χ4v) is 3.63. The molecule has 0 aliphatic rings. The highest BCUT2D eigenvalue weighted by atomic mass is 32.2. The third-order valence-corrected chi connectivity index (χ3v) is 5.11. The first kappa shape index (κ1) is 25.2. The zero-order valence-corrected chi connectivity index (χ0v) is 19.3. The molecular formula is C21H19N3O10S. The topological polar surface area (TPSA) is 172 Å². The first-order valence-electron chi connectivity index (χ1n) is 9.78. The second-order valence-electron chi connectivity index (χ2n) is 7.27. The van der Waals surface area contributed by atoms with Crippen LogP contribution >= 0.6 is 0 Å². The highest BCUT2D eigenvalue weighted by Gasteiger charge is 2.25. The van der Waals surface area contributed by atoms with Crippen LogP contribution in [0.15, 0.2) is 59.2 Å². The van der Waals surface area contributed by atoms with Crippen molar-refractivity contribution in [2.45, 2.75) is 13.1 Å². The molecule has 0 aliphatic carbocycles. The summed E-state index contributed by atoms with van der Waals surface area (Å²) in [6, 6.07) is 10.2. The fourth-order valence-electron chi connectivity index (χ4n) is 3.17. The van der Waals surface area contributed by atoms with Gasteiger partial charge in [-0.25, -0.2) is 0 Å². The minimum atomic E-state index is -3.88. The second kappa shape index (κ2) is 10.2. The van der Waals surface area contributed by atoms with Crippen LogP contribution in [-0.4, -0.2) is 42.4 Å². The summed E-state index contributed by atoms with van der Waals surface area (Å²) in [6.07, 6.45) is 2.25. The number of rotatable bonds is 10. The van der Waals surface area contributed by atoms with Crippen LogP contribution in [0.25, 0.3) is 0 Å². The molecule has 0 radical (unpaired) electrons. The molecule has 0 fully saturated rings. The van der Waals surface area contributed by atoms with Crippen molar-refractivity contribution in [3.05, 3.63) is 91.9 Å². The van der Waals surface area contributed by atoms with Crippen LogP contribution in [-0.2, 0) is 23.2 Å². The number of hydrogen-bond acceptors (Lipinski definition) is 10. The molecule has 0 saturated heterocycles. The van der Waals surface area contributed by atoms with Crippen LogP contribution in [0.3, 0.4) is 0 Å². The Bertz CT molecular complexity index is 1340. The van der Waals surface area contributed by atoms with Gasteiger partial charge in [-0.05, 0) is 29.8 Å². The molecule has 1 heterocycles. The number of hydrogen-bond donors (Lipinski definition) is 0. The van der Waals surface area contributed by atoms with E-state index >= 15 is 0 Å². The molecule has 2 aromatic carbocycles. The molecule has 1 amide bonds. The van der Waals surface area contributed by atoms with Crippen LogP contribution in [0.5, 0.6) is 11.5 Å². The molecule has 0 saturated carbocycles. The van der Waals surface area contributed by atoms with Gasteiger partial charge in [0.25, 0.3) is 17.3 Å². The van der Waals surface area contributed by atoms with Gasteiger partial charge in [0.15, 0.2) is 11.5 Å². The third kappa shape index (κ3) is 6.54. The van der Waals surface area contributed by atoms with Crippen molar-refractivity contribution in [3.8, 4) is 11.5 Å². The second-order valence-corrected chi connectivity index (χ2v) is 8.84. The average Bonchev–Trinajstić information content (AvgIpc) is 3.30. The number of nitro groups is 2. The Balaban J connectivity index is 2.02. The number of benzene rings is 2. The molecule has 184 valence electrons. The number of amides is 1. The standard InChI is InChI=1S/C21H19N3O10S/c1-32-19-6-5-14(8-20(19)34-35(2,30)31)12-22(13-18-4-3-7-33-18)21(25)15-9-16(23(26)27)11-17(10-15)24(28)29/h3-11H,12-13H2,1-2H3. The van der Waals surface area contributed by atoms with E-state index in [1.54, 1.807) is 18.2 Å². The molecule has 13 nitrogen and oxygen atoms in total. The summed E-state index contributed by atoms with van der Waals surface area (Å²) in [4.78, 5) is 35.4. The lowest BCUT2D eigenvalue weighted by Gasteiger charge is -2.22. The number of carbonyl (C=O) groups excluding carboxylic acids is 1. The third-order valence-electron chi connectivity index (χ3n) is 4.63. The van der Waals surface area contributed by atoms with Crippen molar-refractivity contribution in [2.75, 3.05) is 13.4 Å². The molecule has 3 rings (SSSR count). The van der Waals surface area contributed by atoms with E-state index in [1.165, 1.54) is 30.4 Å².